The van der Waals surface area contributed by atoms with Gasteiger partial charge < -0.3 is 5.32 Å². The van der Waals surface area contributed by atoms with Crippen LogP contribution >= 0.6 is 11.3 Å². The fourth-order valence-corrected chi connectivity index (χ4v) is 2.38. The van der Waals surface area contributed by atoms with Crippen LogP contribution in [0.2, 0.25) is 0 Å². The molecule has 2 rings (SSSR count). The average Bonchev–Trinajstić information content (AvgIpc) is 2.84. The molecule has 0 amide bonds. The van der Waals surface area contributed by atoms with Crippen LogP contribution in [-0.4, -0.2) is 11.5 Å². The van der Waals surface area contributed by atoms with Crippen molar-refractivity contribution in [1.29, 1.82) is 0 Å². The predicted octanol–water partition coefficient (Wildman–Crippen LogP) is 3.04. The van der Waals surface area contributed by atoms with E-state index in [0.29, 0.717) is 5.92 Å². The van der Waals surface area contributed by atoms with Crippen LogP contribution in [-0.2, 0) is 6.54 Å². The van der Waals surface area contributed by atoms with Crippen molar-refractivity contribution in [3.05, 3.63) is 52.5 Å². The first-order chi connectivity index (χ1) is 7.86. The summed E-state index contributed by atoms with van der Waals surface area (Å²) in [5.74, 6) is 0.573. The highest BCUT2D eigenvalue weighted by Crippen LogP contribution is 2.19. The molecule has 84 valence electrons. The van der Waals surface area contributed by atoms with Gasteiger partial charge in [-0.3, -0.25) is 4.98 Å². The molecule has 0 spiro atoms. The molecule has 2 heterocycles. The van der Waals surface area contributed by atoms with E-state index in [0.717, 1.165) is 18.8 Å². The molecule has 2 nitrogen and oxygen atoms in total. The summed E-state index contributed by atoms with van der Waals surface area (Å²) in [5, 5.41) is 5.56. The lowest BCUT2D eigenvalue weighted by Crippen LogP contribution is -2.19. The van der Waals surface area contributed by atoms with Crippen molar-refractivity contribution < 1.29 is 0 Å². The molecule has 0 saturated carbocycles. The smallest absolute Gasteiger partial charge is 0.0541 e. The van der Waals surface area contributed by atoms with E-state index in [4.69, 9.17) is 0 Å². The minimum Gasteiger partial charge on any atom is -0.311 e. The molecule has 0 aromatic carbocycles. The van der Waals surface area contributed by atoms with E-state index < -0.39 is 0 Å². The first kappa shape index (κ1) is 11.3. The molecule has 2 aromatic rings. The van der Waals surface area contributed by atoms with Crippen LogP contribution < -0.4 is 5.32 Å². The Morgan fingerprint density at radius 2 is 2.25 bits per heavy atom. The third kappa shape index (κ3) is 3.15. The molecule has 0 aliphatic heterocycles. The number of thiophene rings is 1. The Morgan fingerprint density at radius 3 is 2.94 bits per heavy atom. The summed E-state index contributed by atoms with van der Waals surface area (Å²) in [7, 11) is 0. The van der Waals surface area contributed by atoms with Crippen LogP contribution in [0.4, 0.5) is 0 Å². The maximum absolute atomic E-state index is 4.28. The highest BCUT2D eigenvalue weighted by atomic mass is 32.1. The molecular weight excluding hydrogens is 216 g/mol. The van der Waals surface area contributed by atoms with Gasteiger partial charge in [0.1, 0.15) is 0 Å². The van der Waals surface area contributed by atoms with Crippen LogP contribution in [0.25, 0.3) is 0 Å². The Labute approximate surface area is 100 Å². The highest BCUT2D eigenvalue weighted by Gasteiger charge is 2.05. The van der Waals surface area contributed by atoms with Gasteiger partial charge in [-0.25, -0.2) is 0 Å². The molecule has 1 N–H and O–H groups in total. The monoisotopic (exact) mass is 232 g/mol. The van der Waals surface area contributed by atoms with Crippen LogP contribution in [0.15, 0.2) is 41.9 Å². The van der Waals surface area contributed by atoms with E-state index in [-0.39, 0.29) is 0 Å². The van der Waals surface area contributed by atoms with E-state index in [2.05, 4.69) is 34.7 Å². The maximum atomic E-state index is 4.28. The third-order valence-electron chi connectivity index (χ3n) is 2.51. The van der Waals surface area contributed by atoms with Crippen molar-refractivity contribution in [2.75, 3.05) is 6.54 Å². The molecule has 2 aromatic heterocycles. The van der Waals surface area contributed by atoms with Crippen LogP contribution in [0.3, 0.4) is 0 Å². The van der Waals surface area contributed by atoms with Gasteiger partial charge in [-0.05, 0) is 23.6 Å². The van der Waals surface area contributed by atoms with Crippen molar-refractivity contribution in [2.45, 2.75) is 19.4 Å². The van der Waals surface area contributed by atoms with Crippen molar-refractivity contribution >= 4 is 11.3 Å². The van der Waals surface area contributed by atoms with E-state index in [9.17, 15) is 0 Å². The molecule has 0 aliphatic carbocycles. The number of pyridine rings is 1. The standard InChI is InChI=1S/C13H16N2S/c1-11(13-6-4-8-16-13)9-14-10-12-5-2-3-7-15-12/h2-8,11,14H,9-10H2,1H3. The molecular formula is C13H16N2S. The Balaban J connectivity index is 1.76. The fourth-order valence-electron chi connectivity index (χ4n) is 1.59. The molecule has 0 fully saturated rings. The second-order valence-electron chi connectivity index (χ2n) is 3.87. The number of rotatable bonds is 5. The van der Waals surface area contributed by atoms with Gasteiger partial charge in [0.25, 0.3) is 0 Å². The van der Waals surface area contributed by atoms with Crippen molar-refractivity contribution in [2.24, 2.45) is 0 Å². The molecule has 0 aliphatic rings. The minimum absolute atomic E-state index is 0.573. The van der Waals surface area contributed by atoms with Crippen LogP contribution in [0.1, 0.15) is 23.4 Å². The second kappa shape index (κ2) is 5.77. The Bertz CT molecular complexity index is 397. The quantitative estimate of drug-likeness (QED) is 0.857. The molecule has 0 saturated heterocycles. The van der Waals surface area contributed by atoms with Crippen LogP contribution in [0.5, 0.6) is 0 Å². The Kier molecular flexibility index (Phi) is 4.08. The fraction of sp³-hybridized carbons (Fsp3) is 0.308. The summed E-state index contributed by atoms with van der Waals surface area (Å²) >= 11 is 1.82. The Morgan fingerprint density at radius 1 is 1.31 bits per heavy atom. The zero-order chi connectivity index (χ0) is 11.2. The van der Waals surface area contributed by atoms with Gasteiger partial charge in [0.15, 0.2) is 0 Å². The van der Waals surface area contributed by atoms with Gasteiger partial charge in [0.2, 0.25) is 0 Å². The van der Waals surface area contributed by atoms with Gasteiger partial charge in [0.05, 0.1) is 5.69 Å². The number of nitrogens with zero attached hydrogens (tertiary/aromatic N) is 1. The summed E-state index contributed by atoms with van der Waals surface area (Å²) in [6.45, 7) is 4.09. The van der Waals surface area contributed by atoms with Crippen LogP contribution in [0, 0.1) is 0 Å². The number of hydrogen-bond acceptors (Lipinski definition) is 3. The lowest BCUT2D eigenvalue weighted by molar-refractivity contribution is 0.614. The largest absolute Gasteiger partial charge is 0.311 e. The van der Waals surface area contributed by atoms with Gasteiger partial charge in [-0.1, -0.05) is 19.1 Å². The molecule has 1 atom stereocenters. The summed E-state index contributed by atoms with van der Waals surface area (Å²) in [4.78, 5) is 5.72. The Hall–Kier alpha value is -1.19. The van der Waals surface area contributed by atoms with Gasteiger partial charge in [-0.2, -0.15) is 0 Å². The minimum atomic E-state index is 0.573. The predicted molar refractivity (Wildman–Crippen MR) is 68.7 cm³/mol. The normalized spacial score (nSPS) is 12.6. The SMILES string of the molecule is CC(CNCc1ccccn1)c1cccs1. The van der Waals surface area contributed by atoms with E-state index >= 15 is 0 Å². The average molecular weight is 232 g/mol. The first-order valence-electron chi connectivity index (χ1n) is 5.50. The number of hydrogen-bond donors (Lipinski definition) is 1. The zero-order valence-electron chi connectivity index (χ0n) is 9.39. The topological polar surface area (TPSA) is 24.9 Å². The van der Waals surface area contributed by atoms with Crippen molar-refractivity contribution in [1.82, 2.24) is 10.3 Å². The molecule has 0 radical (unpaired) electrons. The second-order valence-corrected chi connectivity index (χ2v) is 4.85. The van der Waals surface area contributed by atoms with Crippen molar-refractivity contribution in [3.8, 4) is 0 Å². The first-order valence-corrected chi connectivity index (χ1v) is 6.38. The molecule has 1 unspecified atom stereocenters. The highest BCUT2D eigenvalue weighted by molar-refractivity contribution is 7.10. The van der Waals surface area contributed by atoms with E-state index in [1.54, 1.807) is 0 Å². The van der Waals surface area contributed by atoms with E-state index in [1.165, 1.54) is 4.88 Å². The molecule has 16 heavy (non-hydrogen) atoms. The van der Waals surface area contributed by atoms with Crippen molar-refractivity contribution in [3.63, 3.8) is 0 Å². The maximum Gasteiger partial charge on any atom is 0.0541 e. The summed E-state index contributed by atoms with van der Waals surface area (Å²) < 4.78 is 0. The molecule has 0 bridgehead atoms. The third-order valence-corrected chi connectivity index (χ3v) is 3.62. The summed E-state index contributed by atoms with van der Waals surface area (Å²) in [6.07, 6.45) is 1.83. The zero-order valence-corrected chi connectivity index (χ0v) is 10.2. The molecule has 3 heteroatoms. The summed E-state index contributed by atoms with van der Waals surface area (Å²) in [5.41, 5.74) is 1.10. The number of aromatic nitrogens is 1. The van der Waals surface area contributed by atoms with Gasteiger partial charge in [-0.15, -0.1) is 11.3 Å². The van der Waals surface area contributed by atoms with E-state index in [1.807, 2.05) is 35.7 Å². The lowest BCUT2D eigenvalue weighted by atomic mass is 10.1. The van der Waals surface area contributed by atoms with Gasteiger partial charge >= 0.3 is 0 Å². The lowest BCUT2D eigenvalue weighted by Gasteiger charge is -2.10. The summed E-state index contributed by atoms with van der Waals surface area (Å²) in [6, 6.07) is 10.3. The van der Waals surface area contributed by atoms with Gasteiger partial charge in [0, 0.05) is 30.1 Å². The number of nitrogens with one attached hydrogen (secondary N) is 1.